The lowest BCUT2D eigenvalue weighted by atomic mass is 10.1. The van der Waals surface area contributed by atoms with Crippen LogP contribution in [0.4, 0.5) is 5.69 Å². The lowest BCUT2D eigenvalue weighted by Gasteiger charge is -2.10. The zero-order chi connectivity index (χ0) is 17.0. The highest BCUT2D eigenvalue weighted by Gasteiger charge is 2.13. The van der Waals surface area contributed by atoms with E-state index in [1.54, 1.807) is 30.5 Å². The summed E-state index contributed by atoms with van der Waals surface area (Å²) in [4.78, 5) is 4.63. The molecule has 0 atom stereocenters. The predicted molar refractivity (Wildman–Crippen MR) is 94.7 cm³/mol. The predicted octanol–water partition coefficient (Wildman–Crippen LogP) is 2.61. The van der Waals surface area contributed by atoms with Gasteiger partial charge in [0.25, 0.3) is 0 Å². The zero-order valence-corrected chi connectivity index (χ0v) is 13.8. The Hall–Kier alpha value is -2.44. The molecule has 3 rings (SSSR count). The van der Waals surface area contributed by atoms with Crippen molar-refractivity contribution in [1.82, 2.24) is 4.98 Å². The number of hydrogen-bond acceptors (Lipinski definition) is 5. The van der Waals surface area contributed by atoms with E-state index in [1.165, 1.54) is 0 Å². The van der Waals surface area contributed by atoms with E-state index < -0.39 is 9.84 Å². The average Bonchev–Trinajstić information content (AvgIpc) is 2.60. The first-order valence-corrected chi connectivity index (χ1v) is 9.25. The van der Waals surface area contributed by atoms with Crippen LogP contribution in [0.25, 0.3) is 10.9 Å². The van der Waals surface area contributed by atoms with Crippen LogP contribution in [0.2, 0.25) is 0 Å². The van der Waals surface area contributed by atoms with Gasteiger partial charge in [0, 0.05) is 23.8 Å². The number of fused-ring (bicyclic) bond motifs is 1. The summed E-state index contributed by atoms with van der Waals surface area (Å²) in [6, 6.07) is 16.5. The Balaban J connectivity index is 1.75. The molecule has 24 heavy (non-hydrogen) atoms. The smallest absolute Gasteiger partial charge is 0.180 e. The Morgan fingerprint density at radius 1 is 1.00 bits per heavy atom. The highest BCUT2D eigenvalue weighted by molar-refractivity contribution is 7.91. The maximum Gasteiger partial charge on any atom is 0.180 e. The maximum absolute atomic E-state index is 11.9. The number of pyridine rings is 1. The number of nitrogens with zero attached hydrogens (tertiary/aromatic N) is 1. The van der Waals surface area contributed by atoms with Crippen LogP contribution >= 0.6 is 0 Å². The van der Waals surface area contributed by atoms with Crippen LogP contribution in [0.15, 0.2) is 65.7 Å². The third-order valence-electron chi connectivity index (χ3n) is 3.77. The van der Waals surface area contributed by atoms with Crippen molar-refractivity contribution in [2.45, 2.75) is 11.4 Å². The molecular weight excluding hydrogens is 324 g/mol. The molecule has 124 valence electrons. The minimum atomic E-state index is -3.41. The number of para-hydroxylation sites is 1. The molecule has 0 aliphatic heterocycles. The topological polar surface area (TPSA) is 79.3 Å². The Bertz CT molecular complexity index is 933. The van der Waals surface area contributed by atoms with Crippen molar-refractivity contribution in [3.63, 3.8) is 0 Å². The van der Waals surface area contributed by atoms with Crippen LogP contribution in [0.3, 0.4) is 0 Å². The van der Waals surface area contributed by atoms with Crippen LogP contribution < -0.4 is 5.32 Å². The van der Waals surface area contributed by atoms with Crippen molar-refractivity contribution in [3.05, 3.63) is 66.4 Å². The van der Waals surface area contributed by atoms with Crippen molar-refractivity contribution >= 4 is 26.4 Å². The number of benzene rings is 2. The van der Waals surface area contributed by atoms with Crippen molar-refractivity contribution in [2.75, 3.05) is 17.7 Å². The lowest BCUT2D eigenvalue weighted by Crippen LogP contribution is -2.10. The highest BCUT2D eigenvalue weighted by atomic mass is 32.2. The Morgan fingerprint density at radius 2 is 1.75 bits per heavy atom. The number of aliphatic hydroxyl groups excluding tert-OH is 1. The molecule has 0 fully saturated rings. The van der Waals surface area contributed by atoms with E-state index in [4.69, 9.17) is 5.11 Å². The molecule has 2 aromatic carbocycles. The molecule has 0 saturated carbocycles. The SMILES string of the molecule is O=S(=O)(CCO)c1ccc(NCc2cccc3cccnc23)cc1. The van der Waals surface area contributed by atoms with Crippen molar-refractivity contribution in [3.8, 4) is 0 Å². The molecule has 0 bridgehead atoms. The standard InChI is InChI=1S/C18H18N2O3S/c21-11-12-24(22,23)17-8-6-16(7-9-17)20-13-15-4-1-3-14-5-2-10-19-18(14)15/h1-10,20-21H,11-13H2. The number of rotatable bonds is 6. The largest absolute Gasteiger partial charge is 0.395 e. The summed E-state index contributed by atoms with van der Waals surface area (Å²) < 4.78 is 23.8. The monoisotopic (exact) mass is 342 g/mol. The molecule has 1 aromatic heterocycles. The normalized spacial score (nSPS) is 11.5. The Morgan fingerprint density at radius 3 is 2.50 bits per heavy atom. The first kappa shape index (κ1) is 16.4. The molecule has 0 aliphatic carbocycles. The molecule has 0 unspecified atom stereocenters. The lowest BCUT2D eigenvalue weighted by molar-refractivity contribution is 0.319. The third-order valence-corrected chi connectivity index (χ3v) is 5.48. The van der Waals surface area contributed by atoms with Crippen LogP contribution in [-0.4, -0.2) is 30.9 Å². The van der Waals surface area contributed by atoms with Gasteiger partial charge in [-0.2, -0.15) is 0 Å². The van der Waals surface area contributed by atoms with E-state index in [2.05, 4.69) is 10.3 Å². The van der Waals surface area contributed by atoms with Crippen LogP contribution in [0.5, 0.6) is 0 Å². The van der Waals surface area contributed by atoms with E-state index in [0.717, 1.165) is 22.2 Å². The van der Waals surface area contributed by atoms with E-state index in [-0.39, 0.29) is 17.3 Å². The summed E-state index contributed by atoms with van der Waals surface area (Å²) in [5.74, 6) is -0.262. The molecule has 0 saturated heterocycles. The molecule has 6 heteroatoms. The van der Waals surface area contributed by atoms with E-state index >= 15 is 0 Å². The second-order valence-corrected chi connectivity index (χ2v) is 7.52. The quantitative estimate of drug-likeness (QED) is 0.720. The molecule has 1 heterocycles. The number of aromatic nitrogens is 1. The van der Waals surface area contributed by atoms with Gasteiger partial charge in [-0.25, -0.2) is 8.42 Å². The maximum atomic E-state index is 11.9. The number of hydrogen-bond donors (Lipinski definition) is 2. The molecule has 0 radical (unpaired) electrons. The van der Waals surface area contributed by atoms with E-state index in [9.17, 15) is 8.42 Å². The minimum absolute atomic E-state index is 0.217. The second-order valence-electron chi connectivity index (χ2n) is 5.41. The summed E-state index contributed by atoms with van der Waals surface area (Å²) in [5, 5.41) is 13.2. The van der Waals surface area contributed by atoms with Gasteiger partial charge >= 0.3 is 0 Å². The Kier molecular flexibility index (Phi) is 4.78. The fourth-order valence-electron chi connectivity index (χ4n) is 2.53. The summed E-state index contributed by atoms with van der Waals surface area (Å²) >= 11 is 0. The first-order chi connectivity index (χ1) is 11.6. The molecule has 0 amide bonds. The van der Waals surface area contributed by atoms with Gasteiger partial charge in [-0.3, -0.25) is 4.98 Å². The second kappa shape index (κ2) is 6.98. The molecule has 2 N–H and O–H groups in total. The molecule has 5 nitrogen and oxygen atoms in total. The van der Waals surface area contributed by atoms with Crippen molar-refractivity contribution in [2.24, 2.45) is 0 Å². The van der Waals surface area contributed by atoms with Crippen molar-refractivity contribution in [1.29, 1.82) is 0 Å². The summed E-state index contributed by atoms with van der Waals surface area (Å²) in [6.07, 6.45) is 1.77. The van der Waals surface area contributed by atoms with E-state index in [1.807, 2.05) is 30.3 Å². The van der Waals surface area contributed by atoms with Crippen molar-refractivity contribution < 1.29 is 13.5 Å². The summed E-state index contributed by atoms with van der Waals surface area (Å²) in [5.41, 5.74) is 2.85. The van der Waals surface area contributed by atoms with Gasteiger partial charge in [0.15, 0.2) is 9.84 Å². The minimum Gasteiger partial charge on any atom is -0.395 e. The third kappa shape index (κ3) is 3.55. The summed E-state index contributed by atoms with van der Waals surface area (Å²) in [6.45, 7) is 0.216. The molecule has 0 aliphatic rings. The number of sulfone groups is 1. The van der Waals surface area contributed by atoms with Gasteiger partial charge in [0.1, 0.15) is 0 Å². The van der Waals surface area contributed by atoms with Gasteiger partial charge in [0.2, 0.25) is 0 Å². The van der Waals surface area contributed by atoms with E-state index in [0.29, 0.717) is 6.54 Å². The molecule has 0 spiro atoms. The number of anilines is 1. The van der Waals surface area contributed by atoms with Gasteiger partial charge in [0.05, 0.1) is 22.8 Å². The zero-order valence-electron chi connectivity index (χ0n) is 13.0. The fourth-order valence-corrected chi connectivity index (χ4v) is 3.55. The average molecular weight is 342 g/mol. The number of nitrogens with one attached hydrogen (secondary N) is 1. The fraction of sp³-hybridized carbons (Fsp3) is 0.167. The van der Waals surface area contributed by atoms with Gasteiger partial charge < -0.3 is 10.4 Å². The van der Waals surface area contributed by atoms with Crippen LogP contribution in [0.1, 0.15) is 5.56 Å². The van der Waals surface area contributed by atoms with Crippen LogP contribution in [-0.2, 0) is 16.4 Å². The van der Waals surface area contributed by atoms with Crippen LogP contribution in [0, 0.1) is 0 Å². The van der Waals surface area contributed by atoms with Gasteiger partial charge in [-0.15, -0.1) is 0 Å². The summed E-state index contributed by atoms with van der Waals surface area (Å²) in [7, 11) is -3.41. The first-order valence-electron chi connectivity index (χ1n) is 7.60. The molecule has 3 aromatic rings. The Labute approximate surface area is 140 Å². The molecular formula is C18H18N2O3S. The van der Waals surface area contributed by atoms with Gasteiger partial charge in [-0.1, -0.05) is 24.3 Å². The van der Waals surface area contributed by atoms with Gasteiger partial charge in [-0.05, 0) is 35.9 Å². The highest BCUT2D eigenvalue weighted by Crippen LogP contribution is 2.19. The number of aliphatic hydroxyl groups is 1.